The summed E-state index contributed by atoms with van der Waals surface area (Å²) in [7, 11) is 0. The fraction of sp³-hybridized carbons (Fsp3) is 0.800. The topological polar surface area (TPSA) is 91.9 Å². The molecule has 8 nitrogen and oxygen atoms in total. The Morgan fingerprint density at radius 2 is 1.94 bits per heavy atom. The smallest absolute Gasteiger partial charge is 0.441 e. The fourth-order valence-electron chi connectivity index (χ4n) is 1.90. The average Bonchev–Trinajstić information content (AvgIpc) is 2.90. The van der Waals surface area contributed by atoms with Gasteiger partial charge in [0, 0.05) is 32.7 Å². The van der Waals surface area contributed by atoms with E-state index in [-0.39, 0.29) is 6.10 Å². The summed E-state index contributed by atoms with van der Waals surface area (Å²) in [5, 5.41) is 6.18. The highest BCUT2D eigenvalue weighted by molar-refractivity contribution is 5.72. The van der Waals surface area contributed by atoms with Crippen LogP contribution in [0.15, 0.2) is 0 Å². The van der Waals surface area contributed by atoms with Crippen molar-refractivity contribution in [3.63, 3.8) is 0 Å². The minimum Gasteiger partial charge on any atom is -0.443 e. The van der Waals surface area contributed by atoms with E-state index >= 15 is 0 Å². The van der Waals surface area contributed by atoms with Crippen LogP contribution in [0.25, 0.3) is 0 Å². The van der Waals surface area contributed by atoms with Gasteiger partial charge in [-0.25, -0.2) is 9.59 Å². The Balaban J connectivity index is 1.63. The van der Waals surface area contributed by atoms with Gasteiger partial charge in [0.05, 0.1) is 0 Å². The van der Waals surface area contributed by atoms with Crippen LogP contribution in [-0.2, 0) is 9.57 Å². The number of carbonyl (C=O) groups excluding carboxylic acids is 2. The Labute approximate surface area is 105 Å². The molecule has 8 heteroatoms. The summed E-state index contributed by atoms with van der Waals surface area (Å²) in [6.45, 7) is 4.07. The molecule has 0 bridgehead atoms. The van der Waals surface area contributed by atoms with Crippen molar-refractivity contribution in [3.8, 4) is 0 Å². The molecule has 1 atom stereocenters. The molecule has 0 unspecified atom stereocenters. The van der Waals surface area contributed by atoms with Crippen molar-refractivity contribution in [2.45, 2.75) is 12.5 Å². The first-order valence-electron chi connectivity index (χ1n) is 6.09. The van der Waals surface area contributed by atoms with Crippen LogP contribution in [0.5, 0.6) is 0 Å². The van der Waals surface area contributed by atoms with Crippen molar-refractivity contribution in [2.75, 3.05) is 39.3 Å². The van der Waals surface area contributed by atoms with Crippen LogP contribution in [0.3, 0.4) is 0 Å². The highest BCUT2D eigenvalue weighted by Gasteiger charge is 2.21. The quantitative estimate of drug-likeness (QED) is 0.524. The van der Waals surface area contributed by atoms with Gasteiger partial charge in [0.1, 0.15) is 6.10 Å². The van der Waals surface area contributed by atoms with Crippen LogP contribution >= 0.6 is 0 Å². The molecule has 2 amide bonds. The molecule has 0 aromatic carbocycles. The molecule has 0 aliphatic carbocycles. The predicted molar refractivity (Wildman–Crippen MR) is 61.8 cm³/mol. The zero-order chi connectivity index (χ0) is 12.8. The Kier molecular flexibility index (Phi) is 4.59. The van der Waals surface area contributed by atoms with E-state index in [0.717, 1.165) is 26.1 Å². The number of nitrogens with zero attached hydrogens (tertiary/aromatic N) is 1. The highest BCUT2D eigenvalue weighted by Crippen LogP contribution is 2.03. The van der Waals surface area contributed by atoms with Gasteiger partial charge >= 0.3 is 12.2 Å². The molecule has 2 aliphatic rings. The first-order chi connectivity index (χ1) is 8.75. The number of hydrogen-bond acceptors (Lipinski definition) is 6. The summed E-state index contributed by atoms with van der Waals surface area (Å²) in [6, 6.07) is 0. The van der Waals surface area contributed by atoms with E-state index in [1.807, 2.05) is 5.48 Å². The second kappa shape index (κ2) is 6.41. The first kappa shape index (κ1) is 12.9. The van der Waals surface area contributed by atoms with Crippen molar-refractivity contribution in [1.82, 2.24) is 21.0 Å². The number of ether oxygens (including phenoxy) is 1. The van der Waals surface area contributed by atoms with Gasteiger partial charge in [-0.3, -0.25) is 0 Å². The van der Waals surface area contributed by atoms with E-state index < -0.39 is 12.2 Å². The van der Waals surface area contributed by atoms with Crippen LogP contribution < -0.4 is 16.1 Å². The van der Waals surface area contributed by atoms with Crippen LogP contribution in [0.1, 0.15) is 6.42 Å². The standard InChI is InChI=1S/C10H18N4O4/c15-9(17-8-1-2-12-7-8)13-18-10(16)14-5-3-11-4-6-14/h8,11-12H,1-7H2,(H,13,15)/t8-/m0/s1. The van der Waals surface area contributed by atoms with Crippen LogP contribution in [-0.4, -0.2) is 62.5 Å². The molecule has 0 spiro atoms. The zero-order valence-corrected chi connectivity index (χ0v) is 10.1. The van der Waals surface area contributed by atoms with Crippen molar-refractivity contribution >= 4 is 12.2 Å². The van der Waals surface area contributed by atoms with Crippen molar-refractivity contribution in [2.24, 2.45) is 0 Å². The van der Waals surface area contributed by atoms with Gasteiger partial charge in [-0.2, -0.15) is 0 Å². The molecule has 3 N–H and O–H groups in total. The molecule has 0 radical (unpaired) electrons. The van der Waals surface area contributed by atoms with Crippen LogP contribution in [0.4, 0.5) is 9.59 Å². The van der Waals surface area contributed by atoms with E-state index in [0.29, 0.717) is 19.6 Å². The minimum atomic E-state index is -0.729. The van der Waals surface area contributed by atoms with Crippen molar-refractivity contribution < 1.29 is 19.2 Å². The molecule has 0 saturated carbocycles. The molecule has 0 aromatic rings. The fourth-order valence-corrected chi connectivity index (χ4v) is 1.90. The minimum absolute atomic E-state index is 0.150. The number of piperazine rings is 1. The van der Waals surface area contributed by atoms with Gasteiger partial charge in [0.25, 0.3) is 0 Å². The maximum Gasteiger partial charge on any atom is 0.441 e. The summed E-state index contributed by atoms with van der Waals surface area (Å²) < 4.78 is 5.03. The predicted octanol–water partition coefficient (Wildman–Crippen LogP) is -0.969. The van der Waals surface area contributed by atoms with Crippen molar-refractivity contribution in [3.05, 3.63) is 0 Å². The third kappa shape index (κ3) is 3.74. The van der Waals surface area contributed by atoms with Crippen molar-refractivity contribution in [1.29, 1.82) is 0 Å². The van der Waals surface area contributed by atoms with Gasteiger partial charge in [-0.05, 0) is 13.0 Å². The first-order valence-corrected chi connectivity index (χ1v) is 6.09. The molecule has 102 valence electrons. The molecular formula is C10H18N4O4. The third-order valence-corrected chi connectivity index (χ3v) is 2.89. The number of nitrogens with one attached hydrogen (secondary N) is 3. The normalized spacial score (nSPS) is 23.6. The molecule has 2 saturated heterocycles. The van der Waals surface area contributed by atoms with Gasteiger partial charge < -0.3 is 25.1 Å². The van der Waals surface area contributed by atoms with Gasteiger partial charge in [-0.15, -0.1) is 5.48 Å². The van der Waals surface area contributed by atoms with E-state index in [4.69, 9.17) is 4.74 Å². The summed E-state index contributed by atoms with van der Waals surface area (Å²) in [4.78, 5) is 29.0. The van der Waals surface area contributed by atoms with Gasteiger partial charge in [-0.1, -0.05) is 0 Å². The van der Waals surface area contributed by atoms with E-state index in [9.17, 15) is 9.59 Å². The Bertz CT molecular complexity index is 300. The van der Waals surface area contributed by atoms with E-state index in [2.05, 4.69) is 15.5 Å². The van der Waals surface area contributed by atoms with Gasteiger partial charge in [0.15, 0.2) is 0 Å². The lowest BCUT2D eigenvalue weighted by atomic mass is 10.3. The number of rotatable bonds is 1. The molecule has 2 aliphatic heterocycles. The molecule has 2 fully saturated rings. The van der Waals surface area contributed by atoms with Crippen LogP contribution in [0, 0.1) is 0 Å². The number of hydrogen-bond donors (Lipinski definition) is 3. The molecule has 2 rings (SSSR count). The summed E-state index contributed by atoms with van der Waals surface area (Å²) >= 11 is 0. The molecule has 18 heavy (non-hydrogen) atoms. The zero-order valence-electron chi connectivity index (χ0n) is 10.1. The number of hydroxylamine groups is 1. The number of carbonyl (C=O) groups is 2. The Morgan fingerprint density at radius 1 is 1.17 bits per heavy atom. The van der Waals surface area contributed by atoms with E-state index in [1.54, 1.807) is 0 Å². The Hall–Kier alpha value is -1.54. The van der Waals surface area contributed by atoms with E-state index in [1.165, 1.54) is 4.90 Å². The molecular weight excluding hydrogens is 240 g/mol. The SMILES string of the molecule is O=C(NOC(=O)N1CCNCC1)O[C@H]1CCNC1. The van der Waals surface area contributed by atoms with Crippen LogP contribution in [0.2, 0.25) is 0 Å². The maximum atomic E-state index is 11.5. The lowest BCUT2D eigenvalue weighted by Crippen LogP contribution is -2.48. The second-order valence-corrected chi connectivity index (χ2v) is 4.23. The number of amides is 2. The lowest BCUT2D eigenvalue weighted by Gasteiger charge is -2.26. The Morgan fingerprint density at radius 3 is 2.61 bits per heavy atom. The summed E-state index contributed by atoms with van der Waals surface area (Å²) in [5.41, 5.74) is 2.01. The van der Waals surface area contributed by atoms with Gasteiger partial charge in [0.2, 0.25) is 0 Å². The average molecular weight is 258 g/mol. The lowest BCUT2D eigenvalue weighted by molar-refractivity contribution is 0.0286. The molecule has 0 aromatic heterocycles. The second-order valence-electron chi connectivity index (χ2n) is 4.23. The third-order valence-electron chi connectivity index (χ3n) is 2.89. The summed E-state index contributed by atoms with van der Waals surface area (Å²) in [5.74, 6) is 0. The summed E-state index contributed by atoms with van der Waals surface area (Å²) in [6.07, 6.45) is -0.660. The monoisotopic (exact) mass is 258 g/mol. The maximum absolute atomic E-state index is 11.5. The molecule has 2 heterocycles. The largest absolute Gasteiger partial charge is 0.443 e. The highest BCUT2D eigenvalue weighted by atomic mass is 16.7.